The number of carbonyl (C=O) groups is 1. The third-order valence-corrected chi connectivity index (χ3v) is 4.57. The summed E-state index contributed by atoms with van der Waals surface area (Å²) in [5.74, 6) is -0.183. The van der Waals surface area contributed by atoms with E-state index in [2.05, 4.69) is 30.2 Å². The average molecular weight is 362 g/mol. The van der Waals surface area contributed by atoms with E-state index in [1.54, 1.807) is 24.7 Å². The fourth-order valence-corrected chi connectivity index (χ4v) is 3.15. The number of rotatable bonds is 3. The minimum Gasteiger partial charge on any atom is -0.301 e. The minimum absolute atomic E-state index is 0.183. The van der Waals surface area contributed by atoms with Crippen molar-refractivity contribution in [3.05, 3.63) is 64.8 Å². The first kappa shape index (κ1) is 16.3. The van der Waals surface area contributed by atoms with Crippen molar-refractivity contribution in [3.63, 3.8) is 0 Å². The molecule has 1 fully saturated rings. The molecule has 0 radical (unpaired) electrons. The lowest BCUT2D eigenvalue weighted by Gasteiger charge is -1.98. The van der Waals surface area contributed by atoms with E-state index in [9.17, 15) is 4.79 Å². The van der Waals surface area contributed by atoms with E-state index in [0.717, 1.165) is 22.4 Å². The summed E-state index contributed by atoms with van der Waals surface area (Å²) in [5.41, 5.74) is 3.91. The second-order valence-corrected chi connectivity index (χ2v) is 6.64. The number of thioether (sulfide) groups is 1. The van der Waals surface area contributed by atoms with Crippen LogP contribution in [0, 0.1) is 6.92 Å². The van der Waals surface area contributed by atoms with Crippen molar-refractivity contribution in [1.29, 1.82) is 0 Å². The number of nitrogens with zero attached hydrogens (tertiary/aromatic N) is 5. The number of amides is 1. The third kappa shape index (κ3) is 3.60. The average Bonchev–Trinajstić information content (AvgIpc) is 3.01. The van der Waals surface area contributed by atoms with Crippen LogP contribution in [-0.2, 0) is 11.3 Å². The van der Waals surface area contributed by atoms with E-state index in [4.69, 9.17) is 0 Å². The molecule has 8 heteroatoms. The molecule has 4 rings (SSSR count). The molecule has 1 saturated heterocycles. The Labute approximate surface area is 153 Å². The summed E-state index contributed by atoms with van der Waals surface area (Å²) in [5, 5.41) is 3.31. The van der Waals surface area contributed by atoms with Crippen LogP contribution in [0.3, 0.4) is 0 Å². The number of carbonyl (C=O) groups excluding carboxylic acids is 1. The van der Waals surface area contributed by atoms with Gasteiger partial charge in [-0.1, -0.05) is 0 Å². The van der Waals surface area contributed by atoms with E-state index in [1.807, 2.05) is 31.2 Å². The Hall–Kier alpha value is -3.13. The zero-order valence-corrected chi connectivity index (χ0v) is 14.7. The van der Waals surface area contributed by atoms with E-state index in [1.165, 1.54) is 11.8 Å². The number of fused-ring (bicyclic) bond motifs is 1. The van der Waals surface area contributed by atoms with Gasteiger partial charge in [0.25, 0.3) is 5.91 Å². The smallest absolute Gasteiger partial charge is 0.264 e. The number of aryl methyl sites for hydroxylation is 1. The molecule has 128 valence electrons. The molecule has 0 atom stereocenters. The van der Waals surface area contributed by atoms with Gasteiger partial charge in [0, 0.05) is 12.4 Å². The molecular weight excluding hydrogens is 348 g/mol. The largest absolute Gasteiger partial charge is 0.301 e. The van der Waals surface area contributed by atoms with Crippen LogP contribution in [0.15, 0.2) is 52.8 Å². The highest BCUT2D eigenvalue weighted by atomic mass is 32.2. The first-order chi connectivity index (χ1) is 12.7. The van der Waals surface area contributed by atoms with Gasteiger partial charge in [-0.3, -0.25) is 24.7 Å². The highest BCUT2D eigenvalue weighted by Gasteiger charge is 2.23. The molecule has 1 amide bonds. The van der Waals surface area contributed by atoms with Gasteiger partial charge in [-0.25, -0.2) is 4.98 Å². The fraction of sp³-hybridized carbons (Fsp3) is 0.111. The van der Waals surface area contributed by atoms with E-state index in [-0.39, 0.29) is 5.91 Å². The van der Waals surface area contributed by atoms with Gasteiger partial charge >= 0.3 is 0 Å². The number of aliphatic imine (C=N–C) groups is 1. The summed E-state index contributed by atoms with van der Waals surface area (Å²) >= 11 is 1.29. The molecule has 0 spiro atoms. The lowest BCUT2D eigenvalue weighted by Crippen LogP contribution is -2.19. The van der Waals surface area contributed by atoms with Crippen molar-refractivity contribution in [2.24, 2.45) is 4.99 Å². The maximum Gasteiger partial charge on any atom is 0.264 e. The molecule has 7 nitrogen and oxygen atoms in total. The molecule has 26 heavy (non-hydrogen) atoms. The molecule has 3 aromatic heterocycles. The fourth-order valence-electron chi connectivity index (χ4n) is 2.34. The Kier molecular flexibility index (Phi) is 4.40. The Balaban J connectivity index is 1.52. The number of hydrogen-bond acceptors (Lipinski definition) is 7. The van der Waals surface area contributed by atoms with Crippen molar-refractivity contribution in [1.82, 2.24) is 25.3 Å². The Morgan fingerprint density at radius 2 is 2.08 bits per heavy atom. The van der Waals surface area contributed by atoms with Crippen LogP contribution < -0.4 is 5.32 Å². The zero-order valence-electron chi connectivity index (χ0n) is 13.9. The molecule has 1 N–H and O–H groups in total. The van der Waals surface area contributed by atoms with Gasteiger partial charge in [-0.15, -0.1) is 0 Å². The van der Waals surface area contributed by atoms with Gasteiger partial charge in [0.05, 0.1) is 45.8 Å². The topological polar surface area (TPSA) is 93.0 Å². The molecule has 1 aliphatic rings. The molecule has 0 bridgehead atoms. The van der Waals surface area contributed by atoms with Gasteiger partial charge in [0.1, 0.15) is 0 Å². The van der Waals surface area contributed by atoms with Gasteiger partial charge in [-0.05, 0) is 49.0 Å². The van der Waals surface area contributed by atoms with Crippen LogP contribution in [0.25, 0.3) is 17.1 Å². The number of hydrogen-bond donors (Lipinski definition) is 1. The molecule has 3 aromatic rings. The molecule has 0 saturated carbocycles. The summed E-state index contributed by atoms with van der Waals surface area (Å²) in [6.45, 7) is 2.24. The van der Waals surface area contributed by atoms with Gasteiger partial charge in [0.2, 0.25) is 0 Å². The van der Waals surface area contributed by atoms with Crippen molar-refractivity contribution < 1.29 is 4.79 Å². The molecule has 1 aliphatic heterocycles. The summed E-state index contributed by atoms with van der Waals surface area (Å²) in [4.78, 5) is 34.3. The van der Waals surface area contributed by atoms with Crippen molar-refractivity contribution in [2.75, 3.05) is 0 Å². The monoisotopic (exact) mass is 362 g/mol. The van der Waals surface area contributed by atoms with E-state index < -0.39 is 0 Å². The maximum absolute atomic E-state index is 12.2. The maximum atomic E-state index is 12.2. The highest BCUT2D eigenvalue weighted by molar-refractivity contribution is 8.18. The standard InChI is InChI=1S/C18H14N6OS/c1-11-8-21-13(9-20-11)10-22-18-24-17(25)16(26-18)7-12-4-5-14-15(23-12)3-2-6-19-14/h2-9H,10H2,1H3,(H,22,24,25). The normalized spacial score (nSPS) is 17.2. The van der Waals surface area contributed by atoms with Crippen LogP contribution in [0.1, 0.15) is 17.1 Å². The van der Waals surface area contributed by atoms with Gasteiger partial charge in [-0.2, -0.15) is 0 Å². The van der Waals surface area contributed by atoms with Crippen LogP contribution in [0.5, 0.6) is 0 Å². The molecule has 0 unspecified atom stereocenters. The minimum atomic E-state index is -0.183. The van der Waals surface area contributed by atoms with Crippen molar-refractivity contribution in [3.8, 4) is 0 Å². The summed E-state index contributed by atoms with van der Waals surface area (Å²) in [7, 11) is 0. The predicted molar refractivity (Wildman–Crippen MR) is 101 cm³/mol. The highest BCUT2D eigenvalue weighted by Crippen LogP contribution is 2.26. The Morgan fingerprint density at radius 3 is 2.92 bits per heavy atom. The lowest BCUT2D eigenvalue weighted by molar-refractivity contribution is -0.115. The predicted octanol–water partition coefficient (Wildman–Crippen LogP) is 2.49. The Bertz CT molecular complexity index is 1040. The molecule has 4 heterocycles. The van der Waals surface area contributed by atoms with Crippen LogP contribution in [-0.4, -0.2) is 31.0 Å². The number of aromatic nitrogens is 4. The SMILES string of the molecule is Cc1cnc(CN=C2NC(=O)C(=Cc3ccc4ncccc4n3)S2)cn1. The number of amidine groups is 1. The first-order valence-electron chi connectivity index (χ1n) is 7.92. The third-order valence-electron chi connectivity index (χ3n) is 3.63. The van der Waals surface area contributed by atoms with E-state index >= 15 is 0 Å². The second kappa shape index (κ2) is 7.01. The Morgan fingerprint density at radius 1 is 1.15 bits per heavy atom. The quantitative estimate of drug-likeness (QED) is 0.720. The lowest BCUT2D eigenvalue weighted by atomic mass is 10.2. The van der Waals surface area contributed by atoms with E-state index in [0.29, 0.717) is 22.3 Å². The van der Waals surface area contributed by atoms with Gasteiger partial charge < -0.3 is 5.32 Å². The van der Waals surface area contributed by atoms with Crippen LogP contribution in [0.2, 0.25) is 0 Å². The number of pyridine rings is 2. The van der Waals surface area contributed by atoms with Crippen LogP contribution in [0.4, 0.5) is 0 Å². The van der Waals surface area contributed by atoms with Gasteiger partial charge in [0.15, 0.2) is 5.17 Å². The van der Waals surface area contributed by atoms with Crippen LogP contribution >= 0.6 is 11.8 Å². The summed E-state index contributed by atoms with van der Waals surface area (Å²) in [6, 6.07) is 7.45. The zero-order chi connectivity index (χ0) is 17.9. The second-order valence-electron chi connectivity index (χ2n) is 5.61. The molecular formula is C18H14N6OS. The van der Waals surface area contributed by atoms with Crippen molar-refractivity contribution in [2.45, 2.75) is 13.5 Å². The summed E-state index contributed by atoms with van der Waals surface area (Å²) < 4.78 is 0. The molecule has 0 aromatic carbocycles. The summed E-state index contributed by atoms with van der Waals surface area (Å²) in [6.07, 6.45) is 6.86. The van der Waals surface area contributed by atoms with Crippen molar-refractivity contribution >= 4 is 39.9 Å². The number of nitrogens with one attached hydrogen (secondary N) is 1. The first-order valence-corrected chi connectivity index (χ1v) is 8.74. The molecule has 0 aliphatic carbocycles.